The molecule has 0 fully saturated rings. The molecule has 1 rings (SSSR count). The fraction of sp³-hybridized carbons (Fsp3) is 0.667. The van der Waals surface area contributed by atoms with Crippen molar-refractivity contribution < 1.29 is 13.2 Å². The summed E-state index contributed by atoms with van der Waals surface area (Å²) in [6.07, 6.45) is 0.454. The number of methoxy groups -OCH3 is 1. The summed E-state index contributed by atoms with van der Waals surface area (Å²) in [5.74, 6) is 0.708. The second kappa shape index (κ2) is 5.37. The first-order valence-corrected chi connectivity index (χ1v) is 6.79. The summed E-state index contributed by atoms with van der Waals surface area (Å²) in [6.45, 7) is 1.85. The zero-order chi connectivity index (χ0) is 13.1. The predicted molar refractivity (Wildman–Crippen MR) is 65.4 cm³/mol. The molecule has 98 valence electrons. The highest BCUT2D eigenvalue weighted by Gasteiger charge is 2.23. The van der Waals surface area contributed by atoms with E-state index in [1.165, 1.54) is 17.9 Å². The molecular formula is C9H18N4O3S. The Labute approximate surface area is 101 Å². The SMILES string of the molecule is CCC(CN)S(=O)(=O)Nc1cc(OC)n(C)n1. The Morgan fingerprint density at radius 1 is 1.65 bits per heavy atom. The van der Waals surface area contributed by atoms with Crippen LogP contribution < -0.4 is 15.2 Å². The number of anilines is 1. The maximum atomic E-state index is 11.9. The molecule has 1 atom stereocenters. The third kappa shape index (κ3) is 3.10. The number of nitrogens with one attached hydrogen (secondary N) is 1. The normalized spacial score (nSPS) is 13.4. The minimum absolute atomic E-state index is 0.0792. The maximum absolute atomic E-state index is 11.9. The third-order valence-electron chi connectivity index (χ3n) is 2.45. The Kier molecular flexibility index (Phi) is 4.35. The molecule has 1 aromatic heterocycles. The van der Waals surface area contributed by atoms with Crippen LogP contribution >= 0.6 is 0 Å². The van der Waals surface area contributed by atoms with Crippen LogP contribution in [-0.2, 0) is 17.1 Å². The fourth-order valence-electron chi connectivity index (χ4n) is 1.43. The van der Waals surface area contributed by atoms with Gasteiger partial charge in [-0.05, 0) is 6.42 Å². The van der Waals surface area contributed by atoms with E-state index in [-0.39, 0.29) is 12.4 Å². The minimum Gasteiger partial charge on any atom is -0.481 e. The van der Waals surface area contributed by atoms with E-state index in [0.717, 1.165) is 0 Å². The minimum atomic E-state index is -3.49. The number of aryl methyl sites for hydroxylation is 1. The van der Waals surface area contributed by atoms with Crippen LogP contribution in [0.4, 0.5) is 5.82 Å². The quantitative estimate of drug-likeness (QED) is 0.746. The van der Waals surface area contributed by atoms with Crippen molar-refractivity contribution in [3.63, 3.8) is 0 Å². The van der Waals surface area contributed by atoms with E-state index >= 15 is 0 Å². The third-order valence-corrected chi connectivity index (χ3v) is 4.35. The second-order valence-electron chi connectivity index (χ2n) is 3.61. The summed E-state index contributed by atoms with van der Waals surface area (Å²) in [6, 6.07) is 1.51. The zero-order valence-electron chi connectivity index (χ0n) is 10.2. The molecule has 1 aromatic rings. The molecule has 0 aliphatic rings. The van der Waals surface area contributed by atoms with Crippen molar-refractivity contribution in [3.05, 3.63) is 6.07 Å². The Morgan fingerprint density at radius 3 is 2.71 bits per heavy atom. The standard InChI is InChI=1S/C9H18N4O3S/c1-4-7(6-10)17(14,15)12-8-5-9(16-3)13(2)11-8/h5,7H,4,6,10H2,1-3H3,(H,11,12). The van der Waals surface area contributed by atoms with Crippen molar-refractivity contribution in [1.82, 2.24) is 9.78 Å². The molecular weight excluding hydrogens is 244 g/mol. The molecule has 1 heterocycles. The topological polar surface area (TPSA) is 99.2 Å². The first kappa shape index (κ1) is 13.8. The monoisotopic (exact) mass is 262 g/mol. The van der Waals surface area contributed by atoms with Gasteiger partial charge in [0.2, 0.25) is 15.9 Å². The van der Waals surface area contributed by atoms with Crippen molar-refractivity contribution in [3.8, 4) is 5.88 Å². The van der Waals surface area contributed by atoms with Gasteiger partial charge in [-0.3, -0.25) is 4.72 Å². The Hall–Kier alpha value is -1.28. The number of nitrogens with two attached hydrogens (primary N) is 1. The molecule has 0 bridgehead atoms. The van der Waals surface area contributed by atoms with Gasteiger partial charge in [0, 0.05) is 19.7 Å². The zero-order valence-corrected chi connectivity index (χ0v) is 11.0. The van der Waals surface area contributed by atoms with Crippen LogP contribution in [-0.4, -0.2) is 37.1 Å². The van der Waals surface area contributed by atoms with E-state index in [2.05, 4.69) is 9.82 Å². The summed E-state index contributed by atoms with van der Waals surface area (Å²) >= 11 is 0. The number of aromatic nitrogens is 2. The number of ether oxygens (including phenoxy) is 1. The molecule has 0 amide bonds. The van der Waals surface area contributed by atoms with Crippen LogP contribution in [0.5, 0.6) is 5.88 Å². The molecule has 0 radical (unpaired) electrons. The van der Waals surface area contributed by atoms with Crippen molar-refractivity contribution in [1.29, 1.82) is 0 Å². The van der Waals surface area contributed by atoms with Gasteiger partial charge in [0.05, 0.1) is 12.4 Å². The number of rotatable bonds is 6. The molecule has 8 heteroatoms. The molecule has 7 nitrogen and oxygen atoms in total. The van der Waals surface area contributed by atoms with Gasteiger partial charge in [-0.15, -0.1) is 0 Å². The van der Waals surface area contributed by atoms with E-state index in [1.54, 1.807) is 14.0 Å². The summed E-state index contributed by atoms with van der Waals surface area (Å²) in [5.41, 5.74) is 5.41. The Balaban J connectivity index is 2.89. The van der Waals surface area contributed by atoms with Crippen LogP contribution in [0, 0.1) is 0 Å². The number of hydrogen-bond acceptors (Lipinski definition) is 5. The van der Waals surface area contributed by atoms with Crippen LogP contribution in [0.25, 0.3) is 0 Å². The summed E-state index contributed by atoms with van der Waals surface area (Å²) < 4.78 is 32.6. The van der Waals surface area contributed by atoms with Gasteiger partial charge in [-0.25, -0.2) is 13.1 Å². The summed E-state index contributed by atoms with van der Waals surface area (Å²) in [4.78, 5) is 0. The Morgan fingerprint density at radius 2 is 2.29 bits per heavy atom. The highest BCUT2D eigenvalue weighted by molar-refractivity contribution is 7.93. The predicted octanol–water partition coefficient (Wildman–Crippen LogP) is -0.0923. The average Bonchev–Trinajstić information content (AvgIpc) is 2.59. The van der Waals surface area contributed by atoms with Gasteiger partial charge in [-0.2, -0.15) is 5.10 Å². The molecule has 0 aliphatic heterocycles. The van der Waals surface area contributed by atoms with Crippen LogP contribution in [0.2, 0.25) is 0 Å². The molecule has 0 saturated carbocycles. The van der Waals surface area contributed by atoms with E-state index in [9.17, 15) is 8.42 Å². The lowest BCUT2D eigenvalue weighted by molar-refractivity contribution is 0.373. The molecule has 0 spiro atoms. The van der Waals surface area contributed by atoms with E-state index in [1.807, 2.05) is 0 Å². The largest absolute Gasteiger partial charge is 0.481 e. The first-order chi connectivity index (χ1) is 7.94. The molecule has 1 unspecified atom stereocenters. The molecule has 3 N–H and O–H groups in total. The number of nitrogens with zero attached hydrogens (tertiary/aromatic N) is 2. The lowest BCUT2D eigenvalue weighted by Gasteiger charge is -2.13. The van der Waals surface area contributed by atoms with Crippen molar-refractivity contribution in [2.75, 3.05) is 18.4 Å². The highest BCUT2D eigenvalue weighted by Crippen LogP contribution is 2.17. The first-order valence-electron chi connectivity index (χ1n) is 5.24. The van der Waals surface area contributed by atoms with Gasteiger partial charge in [0.15, 0.2) is 5.82 Å². The lowest BCUT2D eigenvalue weighted by atomic mass is 10.3. The van der Waals surface area contributed by atoms with Crippen molar-refractivity contribution in [2.45, 2.75) is 18.6 Å². The number of hydrogen-bond donors (Lipinski definition) is 2. The van der Waals surface area contributed by atoms with Crippen molar-refractivity contribution in [2.24, 2.45) is 12.8 Å². The molecule has 17 heavy (non-hydrogen) atoms. The molecule has 0 saturated heterocycles. The number of sulfonamides is 1. The lowest BCUT2D eigenvalue weighted by Crippen LogP contribution is -2.33. The summed E-state index contributed by atoms with van der Waals surface area (Å²) in [7, 11) is -0.340. The van der Waals surface area contributed by atoms with Crippen LogP contribution in [0.3, 0.4) is 0 Å². The summed E-state index contributed by atoms with van der Waals surface area (Å²) in [5, 5.41) is 3.36. The average molecular weight is 262 g/mol. The maximum Gasteiger partial charge on any atom is 0.238 e. The fourth-order valence-corrected chi connectivity index (χ4v) is 2.68. The van der Waals surface area contributed by atoms with E-state index < -0.39 is 15.3 Å². The van der Waals surface area contributed by atoms with Gasteiger partial charge in [0.1, 0.15) is 0 Å². The van der Waals surface area contributed by atoms with Crippen LogP contribution in [0.1, 0.15) is 13.3 Å². The van der Waals surface area contributed by atoms with Gasteiger partial charge in [-0.1, -0.05) is 6.92 Å². The smallest absolute Gasteiger partial charge is 0.238 e. The Bertz CT molecular complexity index is 465. The van der Waals surface area contributed by atoms with Crippen LogP contribution in [0.15, 0.2) is 6.07 Å². The second-order valence-corrected chi connectivity index (χ2v) is 5.57. The van der Waals surface area contributed by atoms with Gasteiger partial charge in [0.25, 0.3) is 0 Å². The van der Waals surface area contributed by atoms with Gasteiger partial charge < -0.3 is 10.5 Å². The van der Waals surface area contributed by atoms with E-state index in [0.29, 0.717) is 12.3 Å². The molecule has 0 aliphatic carbocycles. The van der Waals surface area contributed by atoms with Gasteiger partial charge >= 0.3 is 0 Å². The van der Waals surface area contributed by atoms with E-state index in [4.69, 9.17) is 10.5 Å². The highest BCUT2D eigenvalue weighted by atomic mass is 32.2. The molecule has 0 aromatic carbocycles. The van der Waals surface area contributed by atoms with Crippen molar-refractivity contribution >= 4 is 15.8 Å².